The number of methoxy groups -OCH3 is 1. The van der Waals surface area contributed by atoms with Crippen LogP contribution in [0.2, 0.25) is 0 Å². The lowest BCUT2D eigenvalue weighted by molar-refractivity contribution is 0.417. The summed E-state index contributed by atoms with van der Waals surface area (Å²) < 4.78 is 5.26. The summed E-state index contributed by atoms with van der Waals surface area (Å²) in [6.07, 6.45) is 0. The van der Waals surface area contributed by atoms with Gasteiger partial charge in [0.25, 0.3) is 0 Å². The number of hydrogen-bond acceptors (Lipinski definition) is 2. The lowest BCUT2D eigenvalue weighted by Crippen LogP contribution is -2.19. The van der Waals surface area contributed by atoms with E-state index in [1.54, 1.807) is 7.11 Å². The molecular weight excluding hydrogens is 244 g/mol. The average Bonchev–Trinajstić information content (AvgIpc) is 2.39. The molecule has 92 valence electrons. The molecule has 0 aliphatic carbocycles. The van der Waals surface area contributed by atoms with Gasteiger partial charge in [-0.25, -0.2) is 0 Å². The predicted octanol–water partition coefficient (Wildman–Crippen LogP) is 3.02. The van der Waals surface area contributed by atoms with E-state index >= 15 is 0 Å². The molecular formula is C14H14N2OS. The quantitative estimate of drug-likeness (QED) is 0.831. The lowest BCUT2D eigenvalue weighted by Gasteiger charge is -2.12. The van der Waals surface area contributed by atoms with E-state index in [2.05, 4.69) is 5.32 Å². The predicted molar refractivity (Wildman–Crippen MR) is 78.8 cm³/mol. The second-order valence-electron chi connectivity index (χ2n) is 3.77. The summed E-state index contributed by atoms with van der Waals surface area (Å²) in [5.74, 6) is 0.711. The van der Waals surface area contributed by atoms with Gasteiger partial charge < -0.3 is 15.8 Å². The van der Waals surface area contributed by atoms with Gasteiger partial charge in [-0.15, -0.1) is 0 Å². The summed E-state index contributed by atoms with van der Waals surface area (Å²) in [6, 6.07) is 15.9. The third-order valence-corrected chi connectivity index (χ3v) is 2.67. The van der Waals surface area contributed by atoms with Gasteiger partial charge in [0.1, 0.15) is 5.75 Å². The molecule has 0 radical (unpaired) electrons. The van der Waals surface area contributed by atoms with Crippen molar-refractivity contribution < 1.29 is 4.74 Å². The molecule has 2 rings (SSSR count). The fraction of sp³-hybridized carbons (Fsp3) is 0.0714. The Balaban J connectivity index is 2.42. The van der Waals surface area contributed by atoms with Crippen molar-refractivity contribution in [1.29, 1.82) is 0 Å². The number of thiocarbonyl (C=S) groups is 1. The summed E-state index contributed by atoms with van der Waals surface area (Å²) in [7, 11) is 1.61. The molecule has 0 saturated carbocycles. The van der Waals surface area contributed by atoms with Crippen LogP contribution in [0.1, 0.15) is 0 Å². The van der Waals surface area contributed by atoms with E-state index in [1.807, 2.05) is 48.5 Å². The van der Waals surface area contributed by atoms with Crippen LogP contribution in [0, 0.1) is 0 Å². The van der Waals surface area contributed by atoms with Gasteiger partial charge in [-0.3, -0.25) is 0 Å². The molecule has 3 nitrogen and oxygen atoms in total. The molecule has 0 spiro atoms. The minimum atomic E-state index is 0.221. The normalized spacial score (nSPS) is 9.83. The first-order valence-corrected chi connectivity index (χ1v) is 5.91. The van der Waals surface area contributed by atoms with Crippen molar-refractivity contribution in [3.8, 4) is 16.9 Å². The fourth-order valence-corrected chi connectivity index (χ4v) is 1.86. The summed E-state index contributed by atoms with van der Waals surface area (Å²) in [4.78, 5) is 0. The zero-order chi connectivity index (χ0) is 13.0. The Labute approximate surface area is 112 Å². The lowest BCUT2D eigenvalue weighted by atomic mass is 10.0. The van der Waals surface area contributed by atoms with E-state index in [1.165, 1.54) is 0 Å². The van der Waals surface area contributed by atoms with Crippen LogP contribution < -0.4 is 15.8 Å². The van der Waals surface area contributed by atoms with Gasteiger partial charge in [-0.05, 0) is 35.5 Å². The van der Waals surface area contributed by atoms with Crippen LogP contribution >= 0.6 is 12.2 Å². The third kappa shape index (κ3) is 2.78. The van der Waals surface area contributed by atoms with Gasteiger partial charge in [0.05, 0.1) is 12.8 Å². The minimum absolute atomic E-state index is 0.221. The van der Waals surface area contributed by atoms with Gasteiger partial charge in [-0.2, -0.15) is 0 Å². The molecule has 0 aliphatic heterocycles. The van der Waals surface area contributed by atoms with Crippen LogP contribution in [-0.2, 0) is 0 Å². The number of ether oxygens (including phenoxy) is 1. The highest BCUT2D eigenvalue weighted by Gasteiger charge is 2.06. The maximum Gasteiger partial charge on any atom is 0.168 e. The minimum Gasteiger partial charge on any atom is -0.495 e. The Hall–Kier alpha value is -2.07. The van der Waals surface area contributed by atoms with Crippen LogP contribution in [0.4, 0.5) is 5.69 Å². The topological polar surface area (TPSA) is 47.3 Å². The van der Waals surface area contributed by atoms with Crippen LogP contribution in [0.3, 0.4) is 0 Å². The maximum absolute atomic E-state index is 5.50. The monoisotopic (exact) mass is 258 g/mol. The highest BCUT2D eigenvalue weighted by molar-refractivity contribution is 7.80. The van der Waals surface area contributed by atoms with Crippen molar-refractivity contribution in [2.24, 2.45) is 5.73 Å². The Bertz CT molecular complexity index is 555. The van der Waals surface area contributed by atoms with E-state index in [0.29, 0.717) is 5.75 Å². The number of benzene rings is 2. The van der Waals surface area contributed by atoms with Gasteiger partial charge in [-0.1, -0.05) is 36.4 Å². The molecule has 4 heteroatoms. The molecule has 0 bridgehead atoms. The first kappa shape index (κ1) is 12.4. The van der Waals surface area contributed by atoms with Crippen molar-refractivity contribution in [2.45, 2.75) is 0 Å². The molecule has 2 aromatic rings. The van der Waals surface area contributed by atoms with E-state index in [-0.39, 0.29) is 5.11 Å². The van der Waals surface area contributed by atoms with E-state index < -0.39 is 0 Å². The van der Waals surface area contributed by atoms with Crippen LogP contribution in [0.15, 0.2) is 48.5 Å². The number of anilines is 1. The third-order valence-electron chi connectivity index (χ3n) is 2.56. The molecule has 0 fully saturated rings. The van der Waals surface area contributed by atoms with Crippen molar-refractivity contribution in [3.05, 3.63) is 48.5 Å². The molecule has 0 aromatic heterocycles. The Kier molecular flexibility index (Phi) is 3.79. The van der Waals surface area contributed by atoms with Crippen molar-refractivity contribution in [1.82, 2.24) is 0 Å². The first-order valence-electron chi connectivity index (χ1n) is 5.50. The number of nitrogens with one attached hydrogen (secondary N) is 1. The molecule has 0 atom stereocenters. The largest absolute Gasteiger partial charge is 0.495 e. The number of hydrogen-bond donors (Lipinski definition) is 2. The Morgan fingerprint density at radius 2 is 1.83 bits per heavy atom. The van der Waals surface area contributed by atoms with Gasteiger partial charge in [0.15, 0.2) is 5.11 Å². The van der Waals surface area contributed by atoms with Crippen LogP contribution in [0.25, 0.3) is 11.1 Å². The molecule has 0 heterocycles. The number of rotatable bonds is 3. The SMILES string of the molecule is COc1ccc(-c2ccccc2)cc1NC(N)=S. The summed E-state index contributed by atoms with van der Waals surface area (Å²) in [5.41, 5.74) is 8.48. The average molecular weight is 258 g/mol. The summed E-state index contributed by atoms with van der Waals surface area (Å²) in [5, 5.41) is 3.14. The van der Waals surface area contributed by atoms with Crippen molar-refractivity contribution in [3.63, 3.8) is 0 Å². The standard InChI is InChI=1S/C14H14N2OS/c1-17-13-8-7-11(9-12(13)16-14(15)18)10-5-3-2-4-6-10/h2-9H,1H3,(H3,15,16,18). The second-order valence-corrected chi connectivity index (χ2v) is 4.21. The molecule has 0 unspecified atom stereocenters. The smallest absolute Gasteiger partial charge is 0.168 e. The Morgan fingerprint density at radius 1 is 1.11 bits per heavy atom. The second kappa shape index (κ2) is 5.51. The summed E-state index contributed by atoms with van der Waals surface area (Å²) >= 11 is 4.86. The van der Waals surface area contributed by atoms with Crippen LogP contribution in [0.5, 0.6) is 5.75 Å². The fourth-order valence-electron chi connectivity index (χ4n) is 1.75. The molecule has 0 saturated heterocycles. The molecule has 0 amide bonds. The van der Waals surface area contributed by atoms with E-state index in [4.69, 9.17) is 22.7 Å². The molecule has 18 heavy (non-hydrogen) atoms. The van der Waals surface area contributed by atoms with Crippen molar-refractivity contribution in [2.75, 3.05) is 12.4 Å². The molecule has 0 aliphatic rings. The van der Waals surface area contributed by atoms with E-state index in [0.717, 1.165) is 16.8 Å². The highest BCUT2D eigenvalue weighted by atomic mass is 32.1. The van der Waals surface area contributed by atoms with Gasteiger partial charge in [0.2, 0.25) is 0 Å². The zero-order valence-electron chi connectivity index (χ0n) is 10.0. The van der Waals surface area contributed by atoms with Crippen LogP contribution in [-0.4, -0.2) is 12.2 Å². The highest BCUT2D eigenvalue weighted by Crippen LogP contribution is 2.30. The van der Waals surface area contributed by atoms with E-state index in [9.17, 15) is 0 Å². The van der Waals surface area contributed by atoms with Gasteiger partial charge >= 0.3 is 0 Å². The molecule has 2 aromatic carbocycles. The van der Waals surface area contributed by atoms with Gasteiger partial charge in [0, 0.05) is 0 Å². The zero-order valence-corrected chi connectivity index (χ0v) is 10.8. The molecule has 3 N–H and O–H groups in total. The first-order chi connectivity index (χ1) is 8.70. The summed E-state index contributed by atoms with van der Waals surface area (Å²) in [6.45, 7) is 0. The van der Waals surface area contributed by atoms with Crippen molar-refractivity contribution >= 4 is 23.0 Å². The Morgan fingerprint density at radius 3 is 2.44 bits per heavy atom. The maximum atomic E-state index is 5.50. The number of nitrogens with two attached hydrogens (primary N) is 1.